The molecule has 2 atom stereocenters. The Hall–Kier alpha value is -1.39. The van der Waals surface area contributed by atoms with Gasteiger partial charge in [-0.2, -0.15) is 0 Å². The molecule has 0 fully saturated rings. The third kappa shape index (κ3) is 2.65. The molecule has 0 amide bonds. The third-order valence-corrected chi connectivity index (χ3v) is 3.85. The van der Waals surface area contributed by atoms with Gasteiger partial charge >= 0.3 is 0 Å². The van der Waals surface area contributed by atoms with Crippen LogP contribution in [0.3, 0.4) is 0 Å². The van der Waals surface area contributed by atoms with Crippen molar-refractivity contribution in [3.05, 3.63) is 29.6 Å². The number of aliphatic hydroxyl groups is 1. The lowest BCUT2D eigenvalue weighted by atomic mass is 10.0. The van der Waals surface area contributed by atoms with Gasteiger partial charge in [0.05, 0.1) is 30.0 Å². The van der Waals surface area contributed by atoms with E-state index in [9.17, 15) is 5.11 Å². The first-order chi connectivity index (χ1) is 9.08. The van der Waals surface area contributed by atoms with Crippen molar-refractivity contribution in [1.29, 1.82) is 0 Å². The molecule has 1 aromatic heterocycles. The summed E-state index contributed by atoms with van der Waals surface area (Å²) < 4.78 is 2.02. The van der Waals surface area contributed by atoms with Crippen molar-refractivity contribution in [2.75, 3.05) is 6.61 Å². The highest BCUT2D eigenvalue weighted by molar-refractivity contribution is 5.77. The number of nitrogens with zero attached hydrogens (tertiary/aromatic N) is 2. The number of nitrogens with two attached hydrogens (primary N) is 1. The van der Waals surface area contributed by atoms with Crippen LogP contribution in [-0.4, -0.2) is 27.3 Å². The molecule has 0 bridgehead atoms. The number of aromatic nitrogens is 2. The number of aryl methyl sites for hydroxylation is 2. The zero-order valence-electron chi connectivity index (χ0n) is 11.9. The molecule has 19 heavy (non-hydrogen) atoms. The lowest BCUT2D eigenvalue weighted by molar-refractivity contribution is 0.205. The molecular formula is C15H23N3O. The van der Waals surface area contributed by atoms with Crippen molar-refractivity contribution in [2.24, 2.45) is 5.73 Å². The van der Waals surface area contributed by atoms with Gasteiger partial charge in [-0.3, -0.25) is 0 Å². The van der Waals surface area contributed by atoms with Crippen LogP contribution in [0.4, 0.5) is 0 Å². The highest BCUT2D eigenvalue weighted by Gasteiger charge is 2.20. The van der Waals surface area contributed by atoms with Crippen molar-refractivity contribution in [3.63, 3.8) is 0 Å². The van der Waals surface area contributed by atoms with Crippen LogP contribution < -0.4 is 5.73 Å². The van der Waals surface area contributed by atoms with Gasteiger partial charge in [0.25, 0.3) is 0 Å². The monoisotopic (exact) mass is 261 g/mol. The zero-order valence-corrected chi connectivity index (χ0v) is 11.9. The first-order valence-corrected chi connectivity index (χ1v) is 6.88. The zero-order chi connectivity index (χ0) is 14.0. The van der Waals surface area contributed by atoms with Crippen LogP contribution >= 0.6 is 0 Å². The highest BCUT2D eigenvalue weighted by Crippen LogP contribution is 2.23. The van der Waals surface area contributed by atoms with E-state index in [0.29, 0.717) is 0 Å². The van der Waals surface area contributed by atoms with Crippen molar-refractivity contribution >= 4 is 11.0 Å². The van der Waals surface area contributed by atoms with E-state index in [0.717, 1.165) is 23.9 Å². The van der Waals surface area contributed by atoms with E-state index in [1.54, 1.807) is 6.33 Å². The maximum absolute atomic E-state index is 9.65. The Balaban J connectivity index is 2.46. The van der Waals surface area contributed by atoms with Crippen LogP contribution in [0.15, 0.2) is 18.5 Å². The summed E-state index contributed by atoms with van der Waals surface area (Å²) in [7, 11) is 0. The maximum Gasteiger partial charge on any atom is 0.0962 e. The number of aliphatic hydroxyl groups excluding tert-OH is 1. The van der Waals surface area contributed by atoms with Gasteiger partial charge in [0.15, 0.2) is 0 Å². The minimum absolute atomic E-state index is 0.0412. The fraction of sp³-hybridized carbons (Fsp3) is 0.533. The van der Waals surface area contributed by atoms with Crippen molar-refractivity contribution in [2.45, 2.75) is 45.7 Å². The van der Waals surface area contributed by atoms with Crippen molar-refractivity contribution in [3.8, 4) is 0 Å². The molecule has 0 radical (unpaired) electrons. The van der Waals surface area contributed by atoms with Crippen LogP contribution in [0.2, 0.25) is 0 Å². The van der Waals surface area contributed by atoms with E-state index in [1.807, 2.05) is 4.57 Å². The number of hydrogen-bond acceptors (Lipinski definition) is 3. The topological polar surface area (TPSA) is 64.1 Å². The third-order valence-electron chi connectivity index (χ3n) is 3.85. The highest BCUT2D eigenvalue weighted by atomic mass is 16.3. The molecule has 0 aliphatic rings. The molecule has 4 heteroatoms. The van der Waals surface area contributed by atoms with E-state index in [4.69, 9.17) is 5.73 Å². The second-order valence-electron chi connectivity index (χ2n) is 5.28. The molecule has 2 aromatic rings. The molecule has 2 rings (SSSR count). The fourth-order valence-corrected chi connectivity index (χ4v) is 2.50. The number of hydrogen-bond donors (Lipinski definition) is 2. The predicted octanol–water partition coefficient (Wildman–Crippen LogP) is 2.31. The quantitative estimate of drug-likeness (QED) is 0.868. The van der Waals surface area contributed by atoms with Gasteiger partial charge in [0.2, 0.25) is 0 Å². The summed E-state index contributed by atoms with van der Waals surface area (Å²) in [5, 5.41) is 9.65. The van der Waals surface area contributed by atoms with E-state index in [2.05, 4.69) is 37.9 Å². The van der Waals surface area contributed by atoms with Gasteiger partial charge < -0.3 is 15.4 Å². The van der Waals surface area contributed by atoms with E-state index < -0.39 is 0 Å². The molecule has 3 N–H and O–H groups in total. The molecule has 0 aliphatic carbocycles. The summed E-state index contributed by atoms with van der Waals surface area (Å²) >= 11 is 0. The van der Waals surface area contributed by atoms with E-state index in [1.165, 1.54) is 11.1 Å². The summed E-state index contributed by atoms with van der Waals surface area (Å²) in [6, 6.07) is 4.06. The van der Waals surface area contributed by atoms with Crippen LogP contribution in [0, 0.1) is 13.8 Å². The molecule has 0 saturated heterocycles. The minimum atomic E-state index is -0.105. The standard InChI is InChI=1S/C15H23N3O/c1-4-5-12(16)15(8-19)18-9-17-13-6-10(2)11(3)7-14(13)18/h6-7,9,12,15,19H,4-5,8,16H2,1-3H3. The predicted molar refractivity (Wildman–Crippen MR) is 78.2 cm³/mol. The lowest BCUT2D eigenvalue weighted by Crippen LogP contribution is -2.34. The van der Waals surface area contributed by atoms with Crippen molar-refractivity contribution in [1.82, 2.24) is 9.55 Å². The smallest absolute Gasteiger partial charge is 0.0962 e. The van der Waals surface area contributed by atoms with Gasteiger partial charge in [-0.15, -0.1) is 0 Å². The Kier molecular flexibility index (Phi) is 4.22. The summed E-state index contributed by atoms with van der Waals surface area (Å²) in [6.07, 6.45) is 3.71. The molecule has 0 spiro atoms. The second-order valence-corrected chi connectivity index (χ2v) is 5.28. The molecule has 0 saturated carbocycles. The number of imidazole rings is 1. The van der Waals surface area contributed by atoms with Gasteiger partial charge in [0.1, 0.15) is 0 Å². The van der Waals surface area contributed by atoms with Crippen molar-refractivity contribution < 1.29 is 5.11 Å². The summed E-state index contributed by atoms with van der Waals surface area (Å²) in [6.45, 7) is 6.32. The Morgan fingerprint density at radius 2 is 2.00 bits per heavy atom. The average molecular weight is 261 g/mol. The Morgan fingerprint density at radius 1 is 1.32 bits per heavy atom. The molecule has 104 valence electrons. The number of benzene rings is 1. The second kappa shape index (κ2) is 5.72. The Morgan fingerprint density at radius 3 is 2.63 bits per heavy atom. The molecule has 2 unspecified atom stereocenters. The van der Waals surface area contributed by atoms with E-state index >= 15 is 0 Å². The Bertz CT molecular complexity index is 562. The normalized spacial score (nSPS) is 14.8. The molecule has 1 aromatic carbocycles. The van der Waals surface area contributed by atoms with Gasteiger partial charge in [-0.25, -0.2) is 4.98 Å². The van der Waals surface area contributed by atoms with Gasteiger partial charge in [-0.05, 0) is 43.5 Å². The fourth-order valence-electron chi connectivity index (χ4n) is 2.50. The van der Waals surface area contributed by atoms with Gasteiger partial charge in [-0.1, -0.05) is 13.3 Å². The number of fused-ring (bicyclic) bond motifs is 1. The molecule has 4 nitrogen and oxygen atoms in total. The van der Waals surface area contributed by atoms with E-state index in [-0.39, 0.29) is 18.7 Å². The average Bonchev–Trinajstić information content (AvgIpc) is 2.75. The summed E-state index contributed by atoms with van der Waals surface area (Å²) in [5.41, 5.74) is 10.7. The van der Waals surface area contributed by atoms with Crippen LogP contribution in [-0.2, 0) is 0 Å². The molecular weight excluding hydrogens is 238 g/mol. The minimum Gasteiger partial charge on any atom is -0.394 e. The SMILES string of the molecule is CCCC(N)C(CO)n1cnc2cc(C)c(C)cc21. The molecule has 1 heterocycles. The van der Waals surface area contributed by atoms with Crippen LogP contribution in [0.1, 0.15) is 36.9 Å². The summed E-state index contributed by atoms with van der Waals surface area (Å²) in [4.78, 5) is 4.43. The van der Waals surface area contributed by atoms with Crippen LogP contribution in [0.5, 0.6) is 0 Å². The maximum atomic E-state index is 9.65. The van der Waals surface area contributed by atoms with Crippen LogP contribution in [0.25, 0.3) is 11.0 Å². The molecule has 0 aliphatic heterocycles. The first kappa shape index (κ1) is 14.0. The lowest BCUT2D eigenvalue weighted by Gasteiger charge is -2.23. The largest absolute Gasteiger partial charge is 0.394 e. The van der Waals surface area contributed by atoms with Gasteiger partial charge in [0, 0.05) is 6.04 Å². The first-order valence-electron chi connectivity index (χ1n) is 6.88. The number of rotatable bonds is 5. The summed E-state index contributed by atoms with van der Waals surface area (Å²) in [5.74, 6) is 0. The Labute approximate surface area is 114 Å².